The van der Waals surface area contributed by atoms with Crippen LogP contribution in [0.1, 0.15) is 113 Å². The molecule has 1 heterocycles. The van der Waals surface area contributed by atoms with Gasteiger partial charge in [-0.05, 0) is 31.4 Å². The van der Waals surface area contributed by atoms with Crippen LogP contribution in [0, 0.1) is 12.8 Å². The topological polar surface area (TPSA) is 184 Å². The molecule has 0 radical (unpaired) electrons. The van der Waals surface area contributed by atoms with E-state index < -0.39 is 68.3 Å². The molecule has 47 heavy (non-hydrogen) atoms. The SMILES string of the molecule is CCCCCCCCCCCCCC[C@@H](C)[C@@H](O)[C@H](CO[C@H]1OC(CO)[C@H](O)[C@H](O)C1O)NC(=O)OCOC(=O)c1ccc(C)cc1. The number of benzene rings is 1. The second-order valence-corrected chi connectivity index (χ2v) is 12.8. The Morgan fingerprint density at radius 1 is 0.851 bits per heavy atom. The van der Waals surface area contributed by atoms with Crippen LogP contribution in [0.5, 0.6) is 0 Å². The van der Waals surface area contributed by atoms with Crippen LogP contribution in [0.2, 0.25) is 0 Å². The maximum absolute atomic E-state index is 12.6. The molecule has 1 aromatic rings. The first-order valence-electron chi connectivity index (χ1n) is 17.4. The maximum atomic E-state index is 12.6. The van der Waals surface area contributed by atoms with Gasteiger partial charge in [0.2, 0.25) is 6.79 Å². The van der Waals surface area contributed by atoms with E-state index in [9.17, 15) is 35.1 Å². The lowest BCUT2D eigenvalue weighted by atomic mass is 9.92. The highest BCUT2D eigenvalue weighted by Gasteiger charge is 2.44. The van der Waals surface area contributed by atoms with Crippen molar-refractivity contribution in [2.24, 2.45) is 5.92 Å². The summed E-state index contributed by atoms with van der Waals surface area (Å²) in [6, 6.07) is 5.67. The van der Waals surface area contributed by atoms with E-state index >= 15 is 0 Å². The molecule has 8 atom stereocenters. The fourth-order valence-corrected chi connectivity index (χ4v) is 5.61. The molecule has 0 saturated carbocycles. The predicted octanol–water partition coefficient (Wildman–Crippen LogP) is 4.11. The second-order valence-electron chi connectivity index (χ2n) is 12.8. The third-order valence-electron chi connectivity index (χ3n) is 8.77. The Bertz CT molecular complexity index is 992. The molecule has 1 fully saturated rings. The molecule has 12 heteroatoms. The van der Waals surface area contributed by atoms with E-state index in [4.69, 9.17) is 18.9 Å². The van der Waals surface area contributed by atoms with Gasteiger partial charge in [0.1, 0.15) is 24.4 Å². The number of aliphatic hydroxyl groups excluding tert-OH is 5. The Balaban J connectivity index is 1.85. The minimum Gasteiger partial charge on any atom is -0.424 e. The second kappa shape index (κ2) is 23.1. The molecular weight excluding hydrogens is 610 g/mol. The van der Waals surface area contributed by atoms with Gasteiger partial charge in [0, 0.05) is 0 Å². The molecule has 1 amide bonds. The molecule has 2 unspecified atom stereocenters. The van der Waals surface area contributed by atoms with Crippen molar-refractivity contribution < 1.29 is 54.1 Å². The molecule has 12 nitrogen and oxygen atoms in total. The molecule has 1 aromatic carbocycles. The largest absolute Gasteiger partial charge is 0.424 e. The molecule has 1 saturated heterocycles. The van der Waals surface area contributed by atoms with Gasteiger partial charge < -0.3 is 49.8 Å². The van der Waals surface area contributed by atoms with E-state index in [2.05, 4.69) is 12.2 Å². The highest BCUT2D eigenvalue weighted by atomic mass is 16.7. The van der Waals surface area contributed by atoms with Crippen LogP contribution < -0.4 is 5.32 Å². The van der Waals surface area contributed by atoms with Crippen molar-refractivity contribution in [3.05, 3.63) is 35.4 Å². The summed E-state index contributed by atoms with van der Waals surface area (Å²) in [5.41, 5.74) is 1.27. The average molecular weight is 670 g/mol. The highest BCUT2D eigenvalue weighted by molar-refractivity contribution is 5.89. The lowest BCUT2D eigenvalue weighted by Gasteiger charge is -2.40. The van der Waals surface area contributed by atoms with Gasteiger partial charge in [-0.15, -0.1) is 0 Å². The van der Waals surface area contributed by atoms with Crippen molar-refractivity contribution in [3.8, 4) is 0 Å². The van der Waals surface area contributed by atoms with Gasteiger partial charge in [0.25, 0.3) is 0 Å². The molecule has 0 aromatic heterocycles. The van der Waals surface area contributed by atoms with Crippen LogP contribution in [-0.2, 0) is 18.9 Å². The zero-order valence-corrected chi connectivity index (χ0v) is 28.4. The van der Waals surface area contributed by atoms with Gasteiger partial charge in [-0.25, -0.2) is 9.59 Å². The number of esters is 1. The lowest BCUT2D eigenvalue weighted by molar-refractivity contribution is -0.303. The van der Waals surface area contributed by atoms with Crippen LogP contribution in [-0.4, -0.2) is 100 Å². The third kappa shape index (κ3) is 15.2. The summed E-state index contributed by atoms with van der Waals surface area (Å²) in [6.07, 6.45) is 5.78. The summed E-state index contributed by atoms with van der Waals surface area (Å²) in [6.45, 7) is 4.33. The number of nitrogens with one attached hydrogen (secondary N) is 1. The molecule has 1 aliphatic heterocycles. The molecule has 6 N–H and O–H groups in total. The molecule has 0 spiro atoms. The Morgan fingerprint density at radius 3 is 2.00 bits per heavy atom. The van der Waals surface area contributed by atoms with Crippen LogP contribution in [0.25, 0.3) is 0 Å². The van der Waals surface area contributed by atoms with Crippen molar-refractivity contribution >= 4 is 12.1 Å². The number of hydrogen-bond acceptors (Lipinski definition) is 11. The summed E-state index contributed by atoms with van der Waals surface area (Å²) in [5, 5.41) is 53.7. The van der Waals surface area contributed by atoms with Gasteiger partial charge >= 0.3 is 12.1 Å². The van der Waals surface area contributed by atoms with Crippen molar-refractivity contribution in [3.63, 3.8) is 0 Å². The summed E-state index contributed by atoms with van der Waals surface area (Å²) in [5.74, 6) is -0.919. The van der Waals surface area contributed by atoms with Gasteiger partial charge in [0.15, 0.2) is 6.29 Å². The number of alkyl carbamates (subject to hydrolysis) is 1. The normalized spacial score (nSPS) is 23.1. The Morgan fingerprint density at radius 2 is 1.43 bits per heavy atom. The summed E-state index contributed by atoms with van der Waals surface area (Å²) >= 11 is 0. The number of rotatable bonds is 23. The van der Waals surface area contributed by atoms with E-state index in [0.717, 1.165) is 24.8 Å². The van der Waals surface area contributed by atoms with Crippen LogP contribution in [0.15, 0.2) is 24.3 Å². The van der Waals surface area contributed by atoms with E-state index in [1.165, 1.54) is 57.8 Å². The summed E-state index contributed by atoms with van der Waals surface area (Å²) in [4.78, 5) is 24.9. The van der Waals surface area contributed by atoms with E-state index in [1.807, 2.05) is 13.8 Å². The number of ether oxygens (including phenoxy) is 4. The van der Waals surface area contributed by atoms with Gasteiger partial charge in [-0.2, -0.15) is 0 Å². The van der Waals surface area contributed by atoms with Crippen molar-refractivity contribution in [1.29, 1.82) is 0 Å². The lowest BCUT2D eigenvalue weighted by Crippen LogP contribution is -2.60. The van der Waals surface area contributed by atoms with E-state index in [0.29, 0.717) is 12.0 Å². The number of aliphatic hydroxyl groups is 5. The van der Waals surface area contributed by atoms with Crippen LogP contribution in [0.3, 0.4) is 0 Å². The quantitative estimate of drug-likeness (QED) is 0.0560. The van der Waals surface area contributed by atoms with Gasteiger partial charge in [-0.1, -0.05) is 109 Å². The molecule has 1 aliphatic rings. The first kappa shape index (κ1) is 40.9. The summed E-state index contributed by atoms with van der Waals surface area (Å²) < 4.78 is 21.1. The molecule has 0 aliphatic carbocycles. The fourth-order valence-electron chi connectivity index (χ4n) is 5.61. The minimum atomic E-state index is -1.64. The first-order valence-corrected chi connectivity index (χ1v) is 17.4. The number of aryl methyl sites for hydroxylation is 1. The molecule has 2 rings (SSSR count). The van der Waals surface area contributed by atoms with E-state index in [1.54, 1.807) is 24.3 Å². The van der Waals surface area contributed by atoms with E-state index in [-0.39, 0.29) is 12.5 Å². The Kier molecular flexibility index (Phi) is 20.1. The maximum Gasteiger partial charge on any atom is 0.410 e. The number of carbonyl (C=O) groups excluding carboxylic acids is 2. The zero-order chi connectivity index (χ0) is 34.6. The van der Waals surface area contributed by atoms with Crippen molar-refractivity contribution in [2.75, 3.05) is 20.0 Å². The number of hydrogen-bond donors (Lipinski definition) is 6. The minimum absolute atomic E-state index is 0.249. The fraction of sp³-hybridized carbons (Fsp3) is 0.771. The zero-order valence-electron chi connectivity index (χ0n) is 28.4. The molecule has 0 bridgehead atoms. The standard InChI is InChI=1S/C35H59NO11/c1-4-5-6-7-8-9-10-11-12-13-14-15-16-25(3)29(38)27(22-44-34-32(41)31(40)30(39)28(21-37)47-34)36-35(43)46-23-45-33(42)26-19-17-24(2)18-20-26/h17-20,25,27-32,34,37-41H,4-16,21-23H2,1-3H3,(H,36,43)/t25-,27+,28?,29-,30+,31+,32?,34+/m1/s1. The third-order valence-corrected chi connectivity index (χ3v) is 8.77. The van der Waals surface area contributed by atoms with Gasteiger partial charge in [-0.3, -0.25) is 0 Å². The van der Waals surface area contributed by atoms with Crippen LogP contribution in [0.4, 0.5) is 4.79 Å². The van der Waals surface area contributed by atoms with Crippen molar-refractivity contribution in [1.82, 2.24) is 5.32 Å². The first-order chi connectivity index (χ1) is 22.6. The highest BCUT2D eigenvalue weighted by Crippen LogP contribution is 2.24. The average Bonchev–Trinajstić information content (AvgIpc) is 3.06. The summed E-state index contributed by atoms with van der Waals surface area (Å²) in [7, 11) is 0. The Labute approximate surface area is 279 Å². The Hall–Kier alpha value is -2.32. The molecular formula is C35H59NO11. The molecule has 270 valence electrons. The van der Waals surface area contributed by atoms with Gasteiger partial charge in [0.05, 0.1) is 30.9 Å². The number of amides is 1. The smallest absolute Gasteiger partial charge is 0.410 e. The predicted molar refractivity (Wildman–Crippen MR) is 175 cm³/mol. The number of unbranched alkanes of at least 4 members (excludes halogenated alkanes) is 11. The number of carbonyl (C=O) groups is 2. The van der Waals surface area contributed by atoms with Crippen molar-refractivity contribution in [2.45, 2.75) is 147 Å². The van der Waals surface area contributed by atoms with Crippen LogP contribution >= 0.6 is 0 Å². The monoisotopic (exact) mass is 669 g/mol.